The van der Waals surface area contributed by atoms with Crippen molar-refractivity contribution in [3.8, 4) is 0 Å². The molecule has 0 saturated heterocycles. The molecule has 0 atom stereocenters. The zero-order valence-corrected chi connectivity index (χ0v) is 13.6. The molecule has 2 aromatic rings. The van der Waals surface area contributed by atoms with E-state index in [0.29, 0.717) is 4.88 Å². The zero-order valence-electron chi connectivity index (χ0n) is 11.2. The van der Waals surface area contributed by atoms with E-state index in [0.717, 1.165) is 15.9 Å². The third kappa shape index (κ3) is 2.96. The quantitative estimate of drug-likeness (QED) is 0.582. The van der Waals surface area contributed by atoms with Gasteiger partial charge in [-0.15, -0.1) is 11.3 Å². The second-order valence-electron chi connectivity index (χ2n) is 4.71. The first-order chi connectivity index (χ1) is 10.8. The van der Waals surface area contributed by atoms with Crippen LogP contribution in [0.15, 0.2) is 40.2 Å². The van der Waals surface area contributed by atoms with E-state index in [9.17, 15) is 22.8 Å². The standard InChI is InChI=1S/C15H7BrF3NO2S/c16-12-5-4-11(23-12)10(21)6-8-7-2-1-3-9(15(17,18)19)13(7)20-14(8)22/h1-6H,(H,20,22)/b8-6+. The molecule has 118 valence electrons. The predicted octanol–water partition coefficient (Wildman–Crippen LogP) is 4.75. The fourth-order valence-corrected chi connectivity index (χ4v) is 3.54. The molecule has 1 aliphatic heterocycles. The molecule has 0 bridgehead atoms. The Bertz CT molecular complexity index is 855. The Morgan fingerprint density at radius 1 is 1.22 bits per heavy atom. The summed E-state index contributed by atoms with van der Waals surface area (Å²) in [6.45, 7) is 0. The Labute approximate surface area is 140 Å². The van der Waals surface area contributed by atoms with Gasteiger partial charge >= 0.3 is 6.18 Å². The van der Waals surface area contributed by atoms with E-state index in [1.807, 2.05) is 0 Å². The second-order valence-corrected chi connectivity index (χ2v) is 7.17. The summed E-state index contributed by atoms with van der Waals surface area (Å²) in [7, 11) is 0. The van der Waals surface area contributed by atoms with Gasteiger partial charge in [-0.3, -0.25) is 9.59 Å². The van der Waals surface area contributed by atoms with Gasteiger partial charge in [-0.1, -0.05) is 12.1 Å². The van der Waals surface area contributed by atoms with Gasteiger partial charge in [0, 0.05) is 11.6 Å². The maximum absolute atomic E-state index is 13.0. The maximum atomic E-state index is 13.0. The Kier molecular flexibility index (Phi) is 3.89. The summed E-state index contributed by atoms with van der Waals surface area (Å²) in [5, 5.41) is 2.20. The number of alkyl halides is 3. The van der Waals surface area contributed by atoms with E-state index in [1.165, 1.54) is 23.5 Å². The van der Waals surface area contributed by atoms with Crippen LogP contribution in [0.25, 0.3) is 5.57 Å². The van der Waals surface area contributed by atoms with Crippen LogP contribution in [-0.4, -0.2) is 11.7 Å². The molecule has 1 N–H and O–H groups in total. The summed E-state index contributed by atoms with van der Waals surface area (Å²) in [5.41, 5.74) is -1.23. The molecule has 1 aliphatic rings. The van der Waals surface area contributed by atoms with Crippen molar-refractivity contribution in [1.82, 2.24) is 0 Å². The number of amides is 1. The van der Waals surface area contributed by atoms with Gasteiger partial charge in [-0.25, -0.2) is 0 Å². The van der Waals surface area contributed by atoms with Crippen LogP contribution >= 0.6 is 27.3 Å². The Morgan fingerprint density at radius 2 is 1.96 bits per heavy atom. The van der Waals surface area contributed by atoms with Crippen molar-refractivity contribution in [3.63, 3.8) is 0 Å². The average molecular weight is 402 g/mol. The SMILES string of the molecule is O=C1Nc2c(cccc2C(F)(F)F)/C1=C\C(=O)c1ccc(Br)s1. The van der Waals surface area contributed by atoms with Crippen molar-refractivity contribution in [1.29, 1.82) is 0 Å². The van der Waals surface area contributed by atoms with Gasteiger partial charge in [0.2, 0.25) is 0 Å². The number of rotatable bonds is 2. The number of fused-ring (bicyclic) bond motifs is 1. The number of nitrogens with one attached hydrogen (secondary N) is 1. The first kappa shape index (κ1) is 15.9. The summed E-state index contributed by atoms with van der Waals surface area (Å²) in [4.78, 5) is 24.5. The molecular weight excluding hydrogens is 395 g/mol. The minimum absolute atomic E-state index is 0.0689. The van der Waals surface area contributed by atoms with E-state index in [-0.39, 0.29) is 16.8 Å². The van der Waals surface area contributed by atoms with E-state index in [4.69, 9.17) is 0 Å². The molecule has 0 unspecified atom stereocenters. The number of allylic oxidation sites excluding steroid dienone is 1. The number of hydrogen-bond donors (Lipinski definition) is 1. The summed E-state index contributed by atoms with van der Waals surface area (Å²) in [5.74, 6) is -1.16. The fraction of sp³-hybridized carbons (Fsp3) is 0.0667. The molecule has 1 aromatic carbocycles. The molecule has 3 nitrogen and oxygen atoms in total. The van der Waals surface area contributed by atoms with Crippen molar-refractivity contribution in [2.24, 2.45) is 0 Å². The summed E-state index contributed by atoms with van der Waals surface area (Å²) in [6, 6.07) is 6.74. The first-order valence-electron chi connectivity index (χ1n) is 6.30. The van der Waals surface area contributed by atoms with Crippen molar-refractivity contribution in [2.75, 3.05) is 5.32 Å². The largest absolute Gasteiger partial charge is 0.418 e. The lowest BCUT2D eigenvalue weighted by atomic mass is 10.0. The molecule has 0 spiro atoms. The van der Waals surface area contributed by atoms with E-state index in [1.54, 1.807) is 12.1 Å². The summed E-state index contributed by atoms with van der Waals surface area (Å²) >= 11 is 4.40. The zero-order chi connectivity index (χ0) is 16.8. The van der Waals surface area contributed by atoms with Crippen LogP contribution in [0.1, 0.15) is 20.8 Å². The fourth-order valence-electron chi connectivity index (χ4n) is 2.24. The van der Waals surface area contributed by atoms with Crippen LogP contribution in [0, 0.1) is 0 Å². The van der Waals surface area contributed by atoms with E-state index in [2.05, 4.69) is 21.2 Å². The Balaban J connectivity index is 2.06. The van der Waals surface area contributed by atoms with Crippen LogP contribution in [0.4, 0.5) is 18.9 Å². The van der Waals surface area contributed by atoms with Crippen LogP contribution in [0.2, 0.25) is 0 Å². The number of hydrogen-bond acceptors (Lipinski definition) is 3. The normalized spacial score (nSPS) is 15.7. The molecule has 1 aromatic heterocycles. The molecule has 8 heteroatoms. The number of halogens is 4. The summed E-state index contributed by atoms with van der Waals surface area (Å²) < 4.78 is 39.7. The number of carbonyl (C=O) groups is 2. The lowest BCUT2D eigenvalue weighted by molar-refractivity contribution is -0.136. The van der Waals surface area contributed by atoms with Gasteiger partial charge in [0.25, 0.3) is 5.91 Å². The predicted molar refractivity (Wildman–Crippen MR) is 84.4 cm³/mol. The van der Waals surface area contributed by atoms with Crippen LogP contribution in [0.3, 0.4) is 0 Å². The van der Waals surface area contributed by atoms with Gasteiger partial charge < -0.3 is 5.32 Å². The smallest absolute Gasteiger partial charge is 0.321 e. The summed E-state index contributed by atoms with van der Waals surface area (Å²) in [6.07, 6.45) is -3.52. The number of thiophene rings is 1. The highest BCUT2D eigenvalue weighted by Gasteiger charge is 2.38. The van der Waals surface area contributed by atoms with Crippen LogP contribution in [0.5, 0.6) is 0 Å². The van der Waals surface area contributed by atoms with E-state index < -0.39 is 23.4 Å². The topological polar surface area (TPSA) is 46.2 Å². The second kappa shape index (κ2) is 5.61. The van der Waals surface area contributed by atoms with Gasteiger partial charge in [-0.2, -0.15) is 13.2 Å². The van der Waals surface area contributed by atoms with Crippen molar-refractivity contribution >= 4 is 50.2 Å². The molecule has 0 aliphatic carbocycles. The van der Waals surface area contributed by atoms with Gasteiger partial charge in [-0.05, 0) is 34.1 Å². The van der Waals surface area contributed by atoms with Gasteiger partial charge in [0.1, 0.15) is 0 Å². The van der Waals surface area contributed by atoms with Crippen molar-refractivity contribution < 1.29 is 22.8 Å². The lowest BCUT2D eigenvalue weighted by Gasteiger charge is -2.10. The molecule has 2 heterocycles. The minimum Gasteiger partial charge on any atom is -0.321 e. The minimum atomic E-state index is -4.59. The Hall–Kier alpha value is -1.93. The molecule has 0 fully saturated rings. The third-order valence-electron chi connectivity index (χ3n) is 3.23. The highest BCUT2D eigenvalue weighted by molar-refractivity contribution is 9.11. The van der Waals surface area contributed by atoms with Gasteiger partial charge in [0.15, 0.2) is 5.78 Å². The number of benzene rings is 1. The Morgan fingerprint density at radius 3 is 2.57 bits per heavy atom. The molecular formula is C15H7BrF3NO2S. The molecule has 0 radical (unpaired) electrons. The number of para-hydroxylation sites is 1. The number of carbonyl (C=O) groups excluding carboxylic acids is 2. The number of ketones is 1. The molecule has 23 heavy (non-hydrogen) atoms. The lowest BCUT2D eigenvalue weighted by Crippen LogP contribution is -2.10. The molecule has 1 amide bonds. The monoisotopic (exact) mass is 401 g/mol. The highest BCUT2D eigenvalue weighted by atomic mass is 79.9. The van der Waals surface area contributed by atoms with Crippen molar-refractivity contribution in [2.45, 2.75) is 6.18 Å². The van der Waals surface area contributed by atoms with E-state index >= 15 is 0 Å². The van der Waals surface area contributed by atoms with Crippen LogP contribution in [-0.2, 0) is 11.0 Å². The first-order valence-corrected chi connectivity index (χ1v) is 7.91. The average Bonchev–Trinajstić information content (AvgIpc) is 3.02. The maximum Gasteiger partial charge on any atom is 0.418 e. The number of anilines is 1. The molecule has 0 saturated carbocycles. The highest BCUT2D eigenvalue weighted by Crippen LogP contribution is 2.42. The van der Waals surface area contributed by atoms with Crippen molar-refractivity contribution in [3.05, 3.63) is 56.2 Å². The molecule has 3 rings (SSSR count). The van der Waals surface area contributed by atoms with Crippen LogP contribution < -0.4 is 5.32 Å². The van der Waals surface area contributed by atoms with Gasteiger partial charge in [0.05, 0.1) is 25.5 Å². The third-order valence-corrected chi connectivity index (χ3v) is 4.87.